The van der Waals surface area contributed by atoms with Crippen LogP contribution in [-0.2, 0) is 0 Å². The van der Waals surface area contributed by atoms with Crippen molar-refractivity contribution in [1.82, 2.24) is 0 Å². The van der Waals surface area contributed by atoms with Crippen molar-refractivity contribution >= 4 is 26.5 Å². The van der Waals surface area contributed by atoms with E-state index in [0.717, 1.165) is 0 Å². The van der Waals surface area contributed by atoms with E-state index in [1.54, 1.807) is 13.3 Å². The summed E-state index contributed by atoms with van der Waals surface area (Å²) in [5.74, 6) is 0. The van der Waals surface area contributed by atoms with E-state index in [1.165, 1.54) is 38.5 Å². The molecule has 19 heavy (non-hydrogen) atoms. The standard InChI is InChI=1S/C5H11Si.3C4H9.Sn/c1-5-6(2,3)4;3*1-3-4-2;/h1,5H,2-4H3;3*1,3-4H2,2H3;. The fourth-order valence-corrected chi connectivity index (χ4v) is 23.4. The fraction of sp³-hybridized carbons (Fsp3) is 0.882. The molecular formula is C17H38SiSn. The van der Waals surface area contributed by atoms with Gasteiger partial charge in [-0.15, -0.1) is 0 Å². The van der Waals surface area contributed by atoms with Gasteiger partial charge in [0.25, 0.3) is 0 Å². The van der Waals surface area contributed by atoms with E-state index in [2.05, 4.69) is 50.2 Å². The molecule has 0 N–H and O–H groups in total. The van der Waals surface area contributed by atoms with Gasteiger partial charge in [0, 0.05) is 0 Å². The molecule has 0 bridgehead atoms. The summed E-state index contributed by atoms with van der Waals surface area (Å²) in [5, 5.41) is 0. The molecule has 0 radical (unpaired) electrons. The van der Waals surface area contributed by atoms with Gasteiger partial charge < -0.3 is 0 Å². The van der Waals surface area contributed by atoms with E-state index in [0.29, 0.717) is 0 Å². The average molecular weight is 389 g/mol. The molecule has 0 aromatic heterocycles. The molecule has 0 unspecified atom stereocenters. The van der Waals surface area contributed by atoms with Crippen LogP contribution in [0.5, 0.6) is 0 Å². The first-order chi connectivity index (χ1) is 8.89. The molecule has 0 aromatic rings. The third-order valence-corrected chi connectivity index (χ3v) is 20.2. The predicted octanol–water partition coefficient (Wildman–Crippen LogP) is 6.81. The topological polar surface area (TPSA) is 0 Å². The number of rotatable bonds is 11. The van der Waals surface area contributed by atoms with Gasteiger partial charge in [0.2, 0.25) is 0 Å². The van der Waals surface area contributed by atoms with E-state index in [9.17, 15) is 0 Å². The van der Waals surface area contributed by atoms with Crippen LogP contribution in [0.4, 0.5) is 0 Å². The zero-order chi connectivity index (χ0) is 14.8. The van der Waals surface area contributed by atoms with Crippen LogP contribution in [0, 0.1) is 0 Å². The molecule has 0 aliphatic rings. The molecule has 0 saturated heterocycles. The molecule has 0 spiro atoms. The van der Waals surface area contributed by atoms with Gasteiger partial charge in [-0.25, -0.2) is 0 Å². The SMILES string of the molecule is CCC[CH2][Sn](/[CH]=C/[Si](C)(C)C)([CH2]CCC)[CH2]CCC. The average Bonchev–Trinajstić information content (AvgIpc) is 2.36. The van der Waals surface area contributed by atoms with Crippen LogP contribution in [0.25, 0.3) is 0 Å². The van der Waals surface area contributed by atoms with Crippen molar-refractivity contribution in [3.05, 3.63) is 9.79 Å². The van der Waals surface area contributed by atoms with Crippen LogP contribution in [0.1, 0.15) is 59.3 Å². The first-order valence-corrected chi connectivity index (χ1v) is 19.9. The minimum absolute atomic E-state index is 1.01. The van der Waals surface area contributed by atoms with Gasteiger partial charge in [0.05, 0.1) is 0 Å². The number of hydrogen-bond donors (Lipinski definition) is 0. The summed E-state index contributed by atoms with van der Waals surface area (Å²) < 4.78 is 7.71. The van der Waals surface area contributed by atoms with Crippen LogP contribution in [-0.4, -0.2) is 26.5 Å². The second kappa shape index (κ2) is 10.5. The first kappa shape index (κ1) is 19.8. The Morgan fingerprint density at radius 3 is 1.37 bits per heavy atom. The van der Waals surface area contributed by atoms with Crippen LogP contribution in [0.3, 0.4) is 0 Å². The Hall–Kier alpha value is 0.756. The number of hydrogen-bond acceptors (Lipinski definition) is 0. The molecule has 0 aromatic carbocycles. The molecular weight excluding hydrogens is 351 g/mol. The molecule has 0 fully saturated rings. The molecule has 0 saturated carbocycles. The van der Waals surface area contributed by atoms with Crippen molar-refractivity contribution in [2.45, 2.75) is 92.2 Å². The van der Waals surface area contributed by atoms with E-state index < -0.39 is 26.5 Å². The summed E-state index contributed by atoms with van der Waals surface area (Å²) in [4.78, 5) is 0. The van der Waals surface area contributed by atoms with Gasteiger partial charge in [-0.2, -0.15) is 0 Å². The van der Waals surface area contributed by atoms with Crippen molar-refractivity contribution < 1.29 is 0 Å². The van der Waals surface area contributed by atoms with Gasteiger partial charge in [-0.05, 0) is 0 Å². The zero-order valence-electron chi connectivity index (χ0n) is 14.5. The summed E-state index contributed by atoms with van der Waals surface area (Å²) >= 11 is -1.95. The van der Waals surface area contributed by atoms with Crippen LogP contribution >= 0.6 is 0 Å². The monoisotopic (exact) mass is 390 g/mol. The third kappa shape index (κ3) is 10.2. The second-order valence-corrected chi connectivity index (χ2v) is 25.4. The maximum absolute atomic E-state index is 2.86. The summed E-state index contributed by atoms with van der Waals surface area (Å²) in [6, 6.07) is 0. The fourth-order valence-electron chi connectivity index (χ4n) is 2.64. The Bertz CT molecular complexity index is 218. The van der Waals surface area contributed by atoms with Crippen LogP contribution < -0.4 is 0 Å². The van der Waals surface area contributed by atoms with E-state index >= 15 is 0 Å². The van der Waals surface area contributed by atoms with Crippen molar-refractivity contribution in [3.8, 4) is 0 Å². The summed E-state index contributed by atoms with van der Waals surface area (Å²) in [7, 11) is -1.01. The predicted molar refractivity (Wildman–Crippen MR) is 97.4 cm³/mol. The van der Waals surface area contributed by atoms with Gasteiger partial charge in [0.15, 0.2) is 0 Å². The Morgan fingerprint density at radius 1 is 0.737 bits per heavy atom. The number of unbranched alkanes of at least 4 members (excludes halogenated alkanes) is 3. The quantitative estimate of drug-likeness (QED) is 0.341. The first-order valence-electron chi connectivity index (χ1n) is 8.59. The summed E-state index contributed by atoms with van der Waals surface area (Å²) in [6.45, 7) is 14.5. The molecule has 0 heterocycles. The Balaban J connectivity index is 4.91. The minimum atomic E-state index is -1.95. The molecule has 0 rings (SSSR count). The van der Waals surface area contributed by atoms with E-state index in [-0.39, 0.29) is 0 Å². The molecule has 2 heteroatoms. The molecule has 0 amide bonds. The Kier molecular flexibility index (Phi) is 10.9. The maximum atomic E-state index is 2.86. The van der Waals surface area contributed by atoms with Crippen molar-refractivity contribution in [2.75, 3.05) is 0 Å². The zero-order valence-corrected chi connectivity index (χ0v) is 18.4. The van der Waals surface area contributed by atoms with E-state index in [1.807, 2.05) is 0 Å². The molecule has 0 aliphatic carbocycles. The third-order valence-electron chi connectivity index (χ3n) is 4.02. The van der Waals surface area contributed by atoms with Crippen LogP contribution in [0.15, 0.2) is 9.79 Å². The molecule has 0 atom stereocenters. The Morgan fingerprint density at radius 2 is 1.11 bits per heavy atom. The van der Waals surface area contributed by atoms with Gasteiger partial charge in [-0.1, -0.05) is 0 Å². The normalized spacial score (nSPS) is 13.4. The van der Waals surface area contributed by atoms with Crippen molar-refractivity contribution in [2.24, 2.45) is 0 Å². The Labute approximate surface area is 128 Å². The molecule has 114 valence electrons. The van der Waals surface area contributed by atoms with Gasteiger partial charge >= 0.3 is 128 Å². The summed E-state index contributed by atoms with van der Waals surface area (Å²) in [5.41, 5.74) is 2.70. The van der Waals surface area contributed by atoms with Crippen LogP contribution in [0.2, 0.25) is 33.0 Å². The van der Waals surface area contributed by atoms with Gasteiger partial charge in [0.1, 0.15) is 0 Å². The second-order valence-electron chi connectivity index (χ2n) is 7.37. The molecule has 0 nitrogen and oxygen atoms in total. The van der Waals surface area contributed by atoms with Crippen molar-refractivity contribution in [3.63, 3.8) is 0 Å². The molecule has 0 aliphatic heterocycles. The van der Waals surface area contributed by atoms with E-state index in [4.69, 9.17) is 0 Å². The summed E-state index contributed by atoms with van der Waals surface area (Å²) in [6.07, 6.45) is 8.62. The van der Waals surface area contributed by atoms with Gasteiger partial charge in [-0.3, -0.25) is 0 Å². The van der Waals surface area contributed by atoms with Crippen molar-refractivity contribution in [1.29, 1.82) is 0 Å².